The molecule has 0 heterocycles. The number of hydrogen-bond acceptors (Lipinski definition) is 2. The van der Waals surface area contributed by atoms with Gasteiger partial charge in [0.2, 0.25) is 0 Å². The maximum Gasteiger partial charge on any atom is 0.0662 e. The first-order valence-corrected chi connectivity index (χ1v) is 5.95. The van der Waals surface area contributed by atoms with E-state index >= 15 is 0 Å². The van der Waals surface area contributed by atoms with E-state index in [9.17, 15) is 5.11 Å². The molecule has 1 aliphatic carbocycles. The lowest BCUT2D eigenvalue weighted by molar-refractivity contribution is 0.0648. The van der Waals surface area contributed by atoms with Crippen molar-refractivity contribution in [2.45, 2.75) is 66.4 Å². The van der Waals surface area contributed by atoms with E-state index in [1.165, 1.54) is 5.57 Å². The third kappa shape index (κ3) is 8.89. The minimum absolute atomic E-state index is 0. The number of hydrogen-bond donors (Lipinski definition) is 2. The molecule has 0 aliphatic heterocycles. The monoisotopic (exact) mass is 235 g/mol. The molecule has 3 nitrogen and oxygen atoms in total. The molecule has 1 saturated carbocycles. The van der Waals surface area contributed by atoms with E-state index in [4.69, 9.17) is 0 Å². The largest absolute Gasteiger partial charge is 0.412 e. The van der Waals surface area contributed by atoms with Gasteiger partial charge < -0.3 is 16.7 Å². The first-order valence-electron chi connectivity index (χ1n) is 5.95. The van der Waals surface area contributed by atoms with E-state index < -0.39 is 5.60 Å². The topological polar surface area (TPSA) is 86.7 Å². The Balaban J connectivity index is -0.000000109. The molecule has 6 N–H and O–H groups in total. The second-order valence-corrected chi connectivity index (χ2v) is 3.64. The molecule has 1 fully saturated rings. The summed E-state index contributed by atoms with van der Waals surface area (Å²) in [6.45, 7) is 16.0. The van der Waals surface area contributed by atoms with Crippen LogP contribution in [0.3, 0.4) is 0 Å². The highest BCUT2D eigenvalue weighted by atomic mass is 16.3. The third-order valence-corrected chi connectivity index (χ3v) is 2.36. The Bertz CT molecular complexity index is 156. The maximum atomic E-state index is 9.61. The van der Waals surface area contributed by atoms with Crippen LogP contribution in [0.15, 0.2) is 12.2 Å². The first-order chi connectivity index (χ1) is 6.55. The Morgan fingerprint density at radius 2 is 1.69 bits per heavy atom. The predicted molar refractivity (Wildman–Crippen MR) is 74.1 cm³/mol. The minimum atomic E-state index is -0.461. The van der Waals surface area contributed by atoms with Crippen LogP contribution in [0, 0.1) is 5.92 Å². The van der Waals surface area contributed by atoms with Crippen molar-refractivity contribution in [3.63, 3.8) is 0 Å². The van der Waals surface area contributed by atoms with Crippen LogP contribution in [0.5, 0.6) is 0 Å². The van der Waals surface area contributed by atoms with Gasteiger partial charge in [0.25, 0.3) is 0 Å². The summed E-state index contributed by atoms with van der Waals surface area (Å²) in [5, 5.41) is 9.61. The summed E-state index contributed by atoms with van der Waals surface area (Å²) in [5.41, 5.74) is 0.769. The summed E-state index contributed by atoms with van der Waals surface area (Å²) in [4.78, 5) is 0. The molecule has 102 valence electrons. The lowest BCUT2D eigenvalue weighted by atomic mass is 10.00. The Morgan fingerprint density at radius 1 is 1.31 bits per heavy atom. The van der Waals surface area contributed by atoms with Gasteiger partial charge in [0, 0.05) is 0 Å². The summed E-state index contributed by atoms with van der Waals surface area (Å²) in [7, 11) is 0. The zero-order valence-electron chi connectivity index (χ0n) is 12.1. The van der Waals surface area contributed by atoms with E-state index in [0.717, 1.165) is 19.3 Å². The predicted octanol–water partition coefficient (Wildman–Crippen LogP) is 3.50. The molecule has 1 rings (SSSR count). The van der Waals surface area contributed by atoms with Crippen LogP contribution in [0.1, 0.15) is 60.8 Å². The van der Waals surface area contributed by atoms with Gasteiger partial charge in [-0.05, 0) is 32.1 Å². The molecular weight excluding hydrogens is 202 g/mol. The average Bonchev–Trinajstić information content (AvgIpc) is 2.46. The van der Waals surface area contributed by atoms with Crippen LogP contribution in [0.4, 0.5) is 0 Å². The Hall–Kier alpha value is -0.380. The van der Waals surface area contributed by atoms with E-state index in [-0.39, 0.29) is 11.6 Å². The van der Waals surface area contributed by atoms with E-state index in [1.807, 2.05) is 34.6 Å². The van der Waals surface area contributed by atoms with Crippen LogP contribution < -0.4 is 6.15 Å². The fraction of sp³-hybridized carbons (Fsp3) is 0.846. The molecule has 2 unspecified atom stereocenters. The molecule has 0 aromatic rings. The second kappa shape index (κ2) is 12.7. The fourth-order valence-corrected chi connectivity index (χ4v) is 1.81. The van der Waals surface area contributed by atoms with E-state index in [2.05, 4.69) is 13.5 Å². The van der Waals surface area contributed by atoms with Gasteiger partial charge in [-0.15, -0.1) is 0 Å². The number of aliphatic hydroxyl groups is 1. The van der Waals surface area contributed by atoms with Gasteiger partial charge in [0.15, 0.2) is 0 Å². The van der Waals surface area contributed by atoms with Gasteiger partial charge in [-0.1, -0.05) is 46.8 Å². The van der Waals surface area contributed by atoms with Gasteiger partial charge in [0.05, 0.1) is 5.60 Å². The molecule has 0 aromatic heterocycles. The van der Waals surface area contributed by atoms with Crippen molar-refractivity contribution in [1.82, 2.24) is 6.15 Å². The highest BCUT2D eigenvalue weighted by molar-refractivity contribution is 5.12. The SMILES string of the molecule is C=C1CC(C)(O)CC1CC.CC.CC.N.O. The van der Waals surface area contributed by atoms with Crippen molar-refractivity contribution in [3.8, 4) is 0 Å². The zero-order valence-corrected chi connectivity index (χ0v) is 12.1. The van der Waals surface area contributed by atoms with Crippen molar-refractivity contribution >= 4 is 0 Å². The van der Waals surface area contributed by atoms with Crippen LogP contribution in [0.2, 0.25) is 0 Å². The van der Waals surface area contributed by atoms with E-state index in [1.54, 1.807) is 0 Å². The van der Waals surface area contributed by atoms with Gasteiger partial charge in [-0.25, -0.2) is 0 Å². The summed E-state index contributed by atoms with van der Waals surface area (Å²) in [6.07, 6.45) is 2.82. The molecule has 3 heteroatoms. The van der Waals surface area contributed by atoms with E-state index in [0.29, 0.717) is 5.92 Å². The van der Waals surface area contributed by atoms with Gasteiger partial charge in [-0.2, -0.15) is 0 Å². The molecule has 0 amide bonds. The smallest absolute Gasteiger partial charge is 0.0662 e. The summed E-state index contributed by atoms with van der Waals surface area (Å²) < 4.78 is 0. The Kier molecular flexibility index (Phi) is 19.6. The molecule has 0 saturated heterocycles. The fourth-order valence-electron chi connectivity index (χ4n) is 1.81. The Labute approximate surface area is 102 Å². The highest BCUT2D eigenvalue weighted by Crippen LogP contribution is 2.39. The third-order valence-electron chi connectivity index (χ3n) is 2.36. The molecule has 16 heavy (non-hydrogen) atoms. The first kappa shape index (κ1) is 24.7. The normalized spacial score (nSPS) is 26.2. The molecule has 0 bridgehead atoms. The maximum absolute atomic E-state index is 9.61. The van der Waals surface area contributed by atoms with Crippen LogP contribution in [0.25, 0.3) is 0 Å². The average molecular weight is 235 g/mol. The summed E-state index contributed by atoms with van der Waals surface area (Å²) >= 11 is 0. The lowest BCUT2D eigenvalue weighted by Gasteiger charge is -2.14. The second-order valence-electron chi connectivity index (χ2n) is 3.64. The summed E-state index contributed by atoms with van der Waals surface area (Å²) in [6, 6.07) is 0. The van der Waals surface area contributed by atoms with Gasteiger partial charge in [-0.3, -0.25) is 0 Å². The number of rotatable bonds is 1. The van der Waals surface area contributed by atoms with Crippen molar-refractivity contribution in [2.75, 3.05) is 0 Å². The van der Waals surface area contributed by atoms with Crippen LogP contribution >= 0.6 is 0 Å². The summed E-state index contributed by atoms with van der Waals surface area (Å²) in [5.74, 6) is 0.565. The van der Waals surface area contributed by atoms with Crippen molar-refractivity contribution in [3.05, 3.63) is 12.2 Å². The molecule has 0 spiro atoms. The lowest BCUT2D eigenvalue weighted by Crippen LogP contribution is -2.18. The quantitative estimate of drug-likeness (QED) is 0.681. The standard InChI is InChI=1S/C9H16O.2C2H6.H3N.H2O/c1-4-8-6-9(3,10)5-7(8)2;2*1-2;;/h8,10H,2,4-6H2,1,3H3;2*1-2H3;1H3;1H2. The van der Waals surface area contributed by atoms with Gasteiger partial charge in [0.1, 0.15) is 0 Å². The molecule has 0 radical (unpaired) electrons. The van der Waals surface area contributed by atoms with Crippen LogP contribution in [-0.4, -0.2) is 16.2 Å². The highest BCUT2D eigenvalue weighted by Gasteiger charge is 2.34. The van der Waals surface area contributed by atoms with Crippen LogP contribution in [-0.2, 0) is 0 Å². The molecule has 2 atom stereocenters. The Morgan fingerprint density at radius 3 is 1.81 bits per heavy atom. The van der Waals surface area contributed by atoms with Crippen molar-refractivity contribution in [1.29, 1.82) is 0 Å². The molecular formula is C13H33NO2. The molecule has 1 aliphatic rings. The van der Waals surface area contributed by atoms with Crippen molar-refractivity contribution < 1.29 is 10.6 Å². The molecule has 0 aromatic carbocycles. The van der Waals surface area contributed by atoms with Crippen molar-refractivity contribution in [2.24, 2.45) is 5.92 Å². The zero-order chi connectivity index (χ0) is 11.8. The van der Waals surface area contributed by atoms with Gasteiger partial charge >= 0.3 is 0 Å². The minimum Gasteiger partial charge on any atom is -0.412 e.